The zero-order valence-electron chi connectivity index (χ0n) is 24.1. The van der Waals surface area contributed by atoms with Gasteiger partial charge >= 0.3 is 137 Å². The smallest absolute Gasteiger partial charge is 1.00 e. The minimum atomic E-state index is -1.17. The molecule has 0 spiro atoms. The molecular formula is C35H36Cl2NSiZr. The Morgan fingerprint density at radius 1 is 0.800 bits per heavy atom. The molecule has 2 unspecified atom stereocenters. The number of aromatic nitrogens is 1. The number of fused-ring (bicyclic) bond motifs is 1. The van der Waals surface area contributed by atoms with Crippen molar-refractivity contribution in [1.29, 1.82) is 0 Å². The molecule has 1 aromatic heterocycles. The van der Waals surface area contributed by atoms with Gasteiger partial charge < -0.3 is 29.4 Å². The second-order valence-electron chi connectivity index (χ2n) is 11.9. The summed E-state index contributed by atoms with van der Waals surface area (Å²) in [6, 6.07) is 28.8. The van der Waals surface area contributed by atoms with Crippen molar-refractivity contribution < 1.29 is 49.5 Å². The fraction of sp³-hybridized carbons (Fsp3) is 0.257. The molecule has 1 nitrogen and oxygen atoms in total. The van der Waals surface area contributed by atoms with Gasteiger partial charge in [0.25, 0.3) is 0 Å². The molecule has 8 rings (SSSR count). The van der Waals surface area contributed by atoms with E-state index < -0.39 is 8.07 Å². The van der Waals surface area contributed by atoms with Crippen molar-refractivity contribution in [2.24, 2.45) is 0 Å². The van der Waals surface area contributed by atoms with Crippen LogP contribution in [0.4, 0.5) is 0 Å². The molecule has 0 fully saturated rings. The summed E-state index contributed by atoms with van der Waals surface area (Å²) in [7, 11) is -1.17. The predicted octanol–water partition coefficient (Wildman–Crippen LogP) is 3.64. The normalized spacial score (nSPS) is 19.0. The van der Waals surface area contributed by atoms with Gasteiger partial charge in [-0.25, -0.2) is 0 Å². The minimum Gasteiger partial charge on any atom is -1.00 e. The first-order chi connectivity index (χ1) is 18.2. The van der Waals surface area contributed by atoms with Gasteiger partial charge in [-0.15, -0.1) is 0 Å². The van der Waals surface area contributed by atoms with E-state index in [4.69, 9.17) is 0 Å². The summed E-state index contributed by atoms with van der Waals surface area (Å²) in [5, 5.41) is 1.70. The van der Waals surface area contributed by atoms with Crippen molar-refractivity contribution in [1.82, 2.24) is 4.57 Å². The molecule has 0 amide bonds. The molecule has 0 N–H and O–H groups in total. The first-order valence-electron chi connectivity index (χ1n) is 13.8. The summed E-state index contributed by atoms with van der Waals surface area (Å²) in [5.41, 5.74) is 15.4. The van der Waals surface area contributed by atoms with Gasteiger partial charge in [0.15, 0.2) is 0 Å². The second-order valence-corrected chi connectivity index (χ2v) is 17.9. The van der Waals surface area contributed by atoms with Crippen LogP contribution >= 0.6 is 0 Å². The second kappa shape index (κ2) is 11.8. The van der Waals surface area contributed by atoms with E-state index in [1.54, 1.807) is 41.1 Å². The van der Waals surface area contributed by atoms with Gasteiger partial charge in [0, 0.05) is 23.1 Å². The van der Waals surface area contributed by atoms with Crippen LogP contribution in [-0.2, 0) is 24.7 Å². The zero-order chi connectivity index (χ0) is 26.8. The van der Waals surface area contributed by atoms with Crippen molar-refractivity contribution in [3.63, 3.8) is 0 Å². The Hall–Kier alpha value is -1.90. The molecule has 0 saturated heterocycles. The Bertz CT molecular complexity index is 1600. The third kappa shape index (κ3) is 4.92. The molecule has 3 heterocycles. The molecule has 2 aliphatic heterocycles. The molecule has 5 heteroatoms. The fourth-order valence-electron chi connectivity index (χ4n) is 6.97. The first kappa shape index (κ1) is 31.0. The van der Waals surface area contributed by atoms with Crippen molar-refractivity contribution in [3.8, 4) is 16.8 Å². The van der Waals surface area contributed by atoms with Crippen molar-refractivity contribution in [3.05, 3.63) is 124 Å². The molecule has 2 bridgehead atoms. The van der Waals surface area contributed by atoms with Crippen LogP contribution in [0.2, 0.25) is 13.1 Å². The van der Waals surface area contributed by atoms with Gasteiger partial charge in [-0.2, -0.15) is 0 Å². The van der Waals surface area contributed by atoms with Crippen LogP contribution in [0.1, 0.15) is 70.7 Å². The molecule has 2 atom stereocenters. The SMILES string of the molecule is CC1=C2c3c(ccn3-c3ccccc3)C1[Si]2(C)C.CC1=Cc2c(-c3ccc(C(C)C)cc3)cccc2[CH]1[Zr+2].[Cl-].[Cl-]. The quantitative estimate of drug-likeness (QED) is 0.296. The van der Waals surface area contributed by atoms with Crippen LogP contribution in [0.25, 0.3) is 28.1 Å². The van der Waals surface area contributed by atoms with E-state index in [9.17, 15) is 0 Å². The number of benzene rings is 3. The third-order valence-electron chi connectivity index (χ3n) is 8.86. The number of hydrogen-bond acceptors (Lipinski definition) is 0. The summed E-state index contributed by atoms with van der Waals surface area (Å²) in [6.45, 7) is 14.1. The number of hydrogen-bond donors (Lipinski definition) is 0. The topological polar surface area (TPSA) is 4.93 Å². The number of halogens is 2. The summed E-state index contributed by atoms with van der Waals surface area (Å²) >= 11 is 1.59. The largest absolute Gasteiger partial charge is 1.00 e. The molecule has 2 aliphatic carbocycles. The van der Waals surface area contributed by atoms with Crippen LogP contribution in [-0.4, -0.2) is 12.6 Å². The monoisotopic (exact) mass is 658 g/mol. The Labute approximate surface area is 268 Å². The van der Waals surface area contributed by atoms with Crippen molar-refractivity contribution in [2.75, 3.05) is 0 Å². The van der Waals surface area contributed by atoms with Crippen molar-refractivity contribution in [2.45, 2.75) is 55.9 Å². The zero-order valence-corrected chi connectivity index (χ0v) is 29.1. The maximum Gasteiger partial charge on any atom is -1.00 e. The number of allylic oxidation sites excluding steroid dienone is 2. The van der Waals surface area contributed by atoms with E-state index in [2.05, 4.69) is 136 Å². The third-order valence-corrected chi connectivity index (χ3v) is 14.9. The molecule has 4 aliphatic rings. The molecule has 4 aromatic rings. The fourth-order valence-corrected chi connectivity index (χ4v) is 12.1. The van der Waals surface area contributed by atoms with E-state index in [1.807, 2.05) is 0 Å². The van der Waals surface area contributed by atoms with Gasteiger partial charge in [-0.3, -0.25) is 0 Å². The summed E-state index contributed by atoms with van der Waals surface area (Å²) in [5.74, 6) is 0.594. The summed E-state index contributed by atoms with van der Waals surface area (Å²) in [6.07, 6.45) is 4.61. The molecule has 40 heavy (non-hydrogen) atoms. The maximum atomic E-state index is 2.51. The molecule has 0 saturated carbocycles. The van der Waals surface area contributed by atoms with Crippen LogP contribution in [0.5, 0.6) is 0 Å². The number of para-hydroxylation sites is 1. The summed E-state index contributed by atoms with van der Waals surface area (Å²) in [4.78, 5) is 0. The first-order valence-corrected chi connectivity index (χ1v) is 18.3. The van der Waals surface area contributed by atoms with Crippen LogP contribution in [0.15, 0.2) is 96.2 Å². The van der Waals surface area contributed by atoms with E-state index in [0.29, 0.717) is 9.54 Å². The van der Waals surface area contributed by atoms with Crippen LogP contribution < -0.4 is 24.8 Å². The Morgan fingerprint density at radius 3 is 2.10 bits per heavy atom. The van der Waals surface area contributed by atoms with Gasteiger partial charge in [-0.05, 0) is 35.9 Å². The van der Waals surface area contributed by atoms with Gasteiger partial charge in [0.1, 0.15) is 0 Å². The van der Waals surface area contributed by atoms with E-state index >= 15 is 0 Å². The maximum absolute atomic E-state index is 2.51. The average Bonchev–Trinajstić information content (AvgIpc) is 3.60. The predicted molar refractivity (Wildman–Crippen MR) is 161 cm³/mol. The Balaban J connectivity index is 0.000000177. The van der Waals surface area contributed by atoms with E-state index in [0.717, 1.165) is 5.54 Å². The molecule has 0 radical (unpaired) electrons. The Kier molecular flexibility index (Phi) is 9.13. The van der Waals surface area contributed by atoms with Gasteiger partial charge in [0.05, 0.1) is 8.07 Å². The standard InChI is InChI=1S/C19H19.C16H17NSi.2ClH.Zr/c1-13(2)15-7-9-16(10-8-15)18-6-4-5-17-11-14(3)12-19(17)18;1-11-15-13-9-10-17(12-7-5-4-6-8-12)14(13)16(11)18(15,2)3;;;/h4-13H,1-3H3;4-10,15H,1-3H3;2*1H;/q;;;;+2/p-2. The van der Waals surface area contributed by atoms with E-state index in [-0.39, 0.29) is 24.8 Å². The number of rotatable bonds is 3. The molecule has 203 valence electrons. The van der Waals surface area contributed by atoms with Crippen LogP contribution in [0, 0.1) is 0 Å². The van der Waals surface area contributed by atoms with Crippen molar-refractivity contribution >= 4 is 19.3 Å². The van der Waals surface area contributed by atoms with Gasteiger partial charge in [0.2, 0.25) is 0 Å². The van der Waals surface area contributed by atoms with Crippen LogP contribution in [0.3, 0.4) is 0 Å². The molecule has 3 aromatic carbocycles. The Morgan fingerprint density at radius 2 is 1.48 bits per heavy atom. The van der Waals surface area contributed by atoms with E-state index in [1.165, 1.54) is 44.8 Å². The van der Waals surface area contributed by atoms with Gasteiger partial charge in [-0.1, -0.05) is 36.9 Å². The summed E-state index contributed by atoms with van der Waals surface area (Å²) < 4.78 is 3.03. The molecular weight excluding hydrogens is 625 g/mol. The average molecular weight is 661 g/mol. The number of nitrogens with zero attached hydrogens (tertiary/aromatic N) is 1. The minimum absolute atomic E-state index is 0.